The molecule has 2 saturated carbocycles. The lowest BCUT2D eigenvalue weighted by molar-refractivity contribution is -0.0521. The topological polar surface area (TPSA) is 75.8 Å². The van der Waals surface area contributed by atoms with Gasteiger partial charge in [0, 0.05) is 24.3 Å². The summed E-state index contributed by atoms with van der Waals surface area (Å²) < 4.78 is 22.5. The molecule has 8 heteroatoms. The van der Waals surface area contributed by atoms with E-state index in [-0.39, 0.29) is 21.7 Å². The molecule has 1 aromatic carbocycles. The van der Waals surface area contributed by atoms with Gasteiger partial charge in [-0.05, 0) is 127 Å². The highest BCUT2D eigenvalue weighted by atomic mass is 28.4. The van der Waals surface area contributed by atoms with Gasteiger partial charge in [-0.1, -0.05) is 51.9 Å². The van der Waals surface area contributed by atoms with Gasteiger partial charge in [-0.25, -0.2) is 9.07 Å². The molecule has 3 aliphatic carbocycles. The van der Waals surface area contributed by atoms with Gasteiger partial charge in [-0.3, -0.25) is 0 Å². The SMILES string of the molecule is C=C1CC[C@H]2[C@H](CN=[N+]=[N-])[C@@H]([C@@]3(C)Cc4cn(-c5ccc(F)cc5)nc4C[C@@H]3CO[Si](C)(C)C(C)(C)C)CC[C@]12C. The molecule has 2 fully saturated rings. The predicted molar refractivity (Wildman–Crippen MR) is 166 cm³/mol. The summed E-state index contributed by atoms with van der Waals surface area (Å²) in [4.78, 5) is 3.23. The Hall–Kier alpha value is -2.41. The maximum absolute atomic E-state index is 13.6. The Kier molecular flexibility index (Phi) is 7.84. The van der Waals surface area contributed by atoms with Crippen molar-refractivity contribution in [3.8, 4) is 5.69 Å². The van der Waals surface area contributed by atoms with Crippen molar-refractivity contribution in [2.24, 2.45) is 39.6 Å². The average molecular weight is 578 g/mol. The second-order valence-electron chi connectivity index (χ2n) is 15.1. The maximum atomic E-state index is 13.6. The molecule has 0 aliphatic heterocycles. The van der Waals surface area contributed by atoms with Crippen LogP contribution in [0.5, 0.6) is 0 Å². The van der Waals surface area contributed by atoms with Crippen LogP contribution >= 0.6 is 0 Å². The van der Waals surface area contributed by atoms with E-state index in [4.69, 9.17) is 9.52 Å². The normalized spacial score (nSPS) is 31.9. The Morgan fingerprint density at radius 3 is 2.56 bits per heavy atom. The number of hydrogen-bond donors (Lipinski definition) is 0. The van der Waals surface area contributed by atoms with Crippen molar-refractivity contribution in [3.63, 3.8) is 0 Å². The number of halogens is 1. The fraction of sp³-hybridized carbons (Fsp3) is 0.667. The zero-order chi connectivity index (χ0) is 29.8. The Morgan fingerprint density at radius 2 is 1.90 bits per heavy atom. The van der Waals surface area contributed by atoms with Crippen molar-refractivity contribution in [2.45, 2.75) is 91.3 Å². The lowest BCUT2D eigenvalue weighted by Crippen LogP contribution is -2.53. The number of aromatic nitrogens is 2. The molecule has 0 radical (unpaired) electrons. The Labute approximate surface area is 246 Å². The molecule has 5 rings (SSSR count). The number of hydrogen-bond acceptors (Lipinski definition) is 3. The minimum Gasteiger partial charge on any atom is -0.417 e. The Balaban J connectivity index is 1.54. The predicted octanol–water partition coefficient (Wildman–Crippen LogP) is 9.06. The number of azide groups is 1. The van der Waals surface area contributed by atoms with Gasteiger partial charge in [0.15, 0.2) is 8.32 Å². The van der Waals surface area contributed by atoms with Crippen LogP contribution in [0.4, 0.5) is 4.39 Å². The summed E-state index contributed by atoms with van der Waals surface area (Å²) >= 11 is 0. The summed E-state index contributed by atoms with van der Waals surface area (Å²) in [6.07, 6.45) is 8.37. The van der Waals surface area contributed by atoms with E-state index in [0.717, 1.165) is 56.5 Å². The number of nitrogens with zero attached hydrogens (tertiary/aromatic N) is 5. The van der Waals surface area contributed by atoms with Crippen LogP contribution in [0.3, 0.4) is 0 Å². The van der Waals surface area contributed by atoms with Crippen LogP contribution in [0, 0.1) is 40.3 Å². The largest absolute Gasteiger partial charge is 0.417 e. The van der Waals surface area contributed by atoms with E-state index >= 15 is 0 Å². The molecule has 0 amide bonds. The summed E-state index contributed by atoms with van der Waals surface area (Å²) in [6, 6.07) is 6.56. The van der Waals surface area contributed by atoms with Crippen LogP contribution < -0.4 is 0 Å². The molecular formula is C33H48FN5OSi. The van der Waals surface area contributed by atoms with Crippen molar-refractivity contribution in [1.82, 2.24) is 9.78 Å². The first-order chi connectivity index (χ1) is 19.2. The zero-order valence-corrected chi connectivity index (χ0v) is 27.1. The second-order valence-corrected chi connectivity index (χ2v) is 19.9. The van der Waals surface area contributed by atoms with E-state index in [1.807, 2.05) is 4.68 Å². The molecule has 0 spiro atoms. The minimum atomic E-state index is -1.97. The van der Waals surface area contributed by atoms with Crippen LogP contribution in [-0.4, -0.2) is 31.2 Å². The highest BCUT2D eigenvalue weighted by Crippen LogP contribution is 2.63. The summed E-state index contributed by atoms with van der Waals surface area (Å²) in [6.45, 7) is 22.2. The van der Waals surface area contributed by atoms with Crippen LogP contribution in [0.2, 0.25) is 18.1 Å². The average Bonchev–Trinajstić information content (AvgIpc) is 3.45. The first kappa shape index (κ1) is 30.1. The Morgan fingerprint density at radius 1 is 1.20 bits per heavy atom. The van der Waals surface area contributed by atoms with Crippen molar-refractivity contribution >= 4 is 8.32 Å². The lowest BCUT2D eigenvalue weighted by atomic mass is 9.49. The van der Waals surface area contributed by atoms with E-state index in [1.54, 1.807) is 12.1 Å². The zero-order valence-electron chi connectivity index (χ0n) is 26.1. The standard InChI is InChI=1S/C33H48FN5OSi/c1-22-9-14-28-27(19-36-38-35)29(15-16-32(22,28)5)33(6)18-23-20-39(26-12-10-25(34)11-13-26)37-30(23)17-24(33)21-40-41(7,8)31(2,3)4/h10-13,20,24,27-29H,1,9,14-19,21H2,2-8H3/t24-,27+,28+,29+,32-,33+/m1/s1. The number of rotatable bonds is 7. The monoisotopic (exact) mass is 577 g/mol. The van der Waals surface area contributed by atoms with Gasteiger partial charge in [0.2, 0.25) is 0 Å². The molecule has 2 aromatic rings. The van der Waals surface area contributed by atoms with Gasteiger partial charge in [0.25, 0.3) is 0 Å². The minimum absolute atomic E-state index is 0.0348. The summed E-state index contributed by atoms with van der Waals surface area (Å²) in [7, 11) is -1.97. The van der Waals surface area contributed by atoms with E-state index < -0.39 is 8.32 Å². The van der Waals surface area contributed by atoms with Gasteiger partial charge in [-0.2, -0.15) is 5.10 Å². The third-order valence-electron chi connectivity index (χ3n) is 12.0. The van der Waals surface area contributed by atoms with Gasteiger partial charge in [0.05, 0.1) is 11.4 Å². The number of benzene rings is 1. The summed E-state index contributed by atoms with van der Waals surface area (Å²) in [5.74, 6) is 1.27. The summed E-state index contributed by atoms with van der Waals surface area (Å²) in [5.41, 5.74) is 14.1. The molecular weight excluding hydrogens is 529 g/mol. The van der Waals surface area contributed by atoms with Gasteiger partial charge in [-0.15, -0.1) is 0 Å². The Bertz CT molecular complexity index is 1340. The van der Waals surface area contributed by atoms with Crippen molar-refractivity contribution < 1.29 is 8.82 Å². The van der Waals surface area contributed by atoms with Crippen molar-refractivity contribution in [3.05, 3.63) is 70.1 Å². The van der Waals surface area contributed by atoms with E-state index in [2.05, 4.69) is 70.5 Å². The molecule has 3 aliphatic rings. The smallest absolute Gasteiger partial charge is 0.191 e. The van der Waals surface area contributed by atoms with E-state index in [1.165, 1.54) is 23.3 Å². The van der Waals surface area contributed by atoms with Crippen LogP contribution in [-0.2, 0) is 17.3 Å². The number of fused-ring (bicyclic) bond motifs is 2. The van der Waals surface area contributed by atoms with Crippen molar-refractivity contribution in [2.75, 3.05) is 13.2 Å². The highest BCUT2D eigenvalue weighted by molar-refractivity contribution is 6.74. The fourth-order valence-electron chi connectivity index (χ4n) is 8.12. The van der Waals surface area contributed by atoms with E-state index in [0.29, 0.717) is 30.2 Å². The molecule has 0 bridgehead atoms. The fourth-order valence-corrected chi connectivity index (χ4v) is 9.17. The van der Waals surface area contributed by atoms with Crippen molar-refractivity contribution in [1.29, 1.82) is 0 Å². The first-order valence-corrected chi connectivity index (χ1v) is 18.3. The highest BCUT2D eigenvalue weighted by Gasteiger charge is 2.57. The molecule has 1 heterocycles. The molecule has 0 saturated heterocycles. The van der Waals surface area contributed by atoms with Crippen LogP contribution in [0.15, 0.2) is 47.7 Å². The summed E-state index contributed by atoms with van der Waals surface area (Å²) in [5, 5.41) is 9.36. The quantitative estimate of drug-likeness (QED) is 0.108. The lowest BCUT2D eigenvalue weighted by Gasteiger charge is -2.56. The van der Waals surface area contributed by atoms with Crippen LogP contribution in [0.25, 0.3) is 16.1 Å². The molecule has 41 heavy (non-hydrogen) atoms. The van der Waals surface area contributed by atoms with Crippen LogP contribution in [0.1, 0.15) is 71.6 Å². The molecule has 6 nitrogen and oxygen atoms in total. The van der Waals surface area contributed by atoms with Gasteiger partial charge < -0.3 is 4.43 Å². The third-order valence-corrected chi connectivity index (χ3v) is 16.5. The van der Waals surface area contributed by atoms with Gasteiger partial charge >= 0.3 is 0 Å². The maximum Gasteiger partial charge on any atom is 0.191 e. The third kappa shape index (κ3) is 5.32. The molecule has 1 aromatic heterocycles. The molecule has 0 unspecified atom stereocenters. The van der Waals surface area contributed by atoms with Gasteiger partial charge in [0.1, 0.15) is 5.82 Å². The van der Waals surface area contributed by atoms with E-state index in [9.17, 15) is 9.92 Å². The molecule has 0 N–H and O–H groups in total. The first-order valence-electron chi connectivity index (χ1n) is 15.4. The molecule has 222 valence electrons. The number of allylic oxidation sites excluding steroid dienone is 1. The second kappa shape index (κ2) is 10.7. The molecule has 6 atom stereocenters.